The minimum atomic E-state index is -0.703. The number of carbonyl (C=O) groups is 2. The van der Waals surface area contributed by atoms with Crippen LogP contribution in [0.2, 0.25) is 5.02 Å². The third-order valence-corrected chi connectivity index (χ3v) is 4.08. The fraction of sp³-hybridized carbons (Fsp3) is 0.263. The first kappa shape index (κ1) is 20.4. The van der Waals surface area contributed by atoms with Crippen LogP contribution in [-0.4, -0.2) is 32.7 Å². The predicted octanol–water partition coefficient (Wildman–Crippen LogP) is 2.97. The summed E-state index contributed by atoms with van der Waals surface area (Å²) >= 11 is 5.80. The lowest BCUT2D eigenvalue weighted by Crippen LogP contribution is -2.31. The van der Waals surface area contributed by atoms with E-state index >= 15 is 0 Å². The zero-order valence-corrected chi connectivity index (χ0v) is 16.0. The van der Waals surface area contributed by atoms with E-state index in [1.165, 1.54) is 25.3 Å². The third-order valence-electron chi connectivity index (χ3n) is 3.85. The quantitative estimate of drug-likeness (QED) is 0.555. The van der Waals surface area contributed by atoms with Crippen molar-refractivity contribution in [1.82, 2.24) is 5.32 Å². The van der Waals surface area contributed by atoms with Crippen molar-refractivity contribution >= 4 is 29.2 Å². The van der Waals surface area contributed by atoms with Gasteiger partial charge in [-0.25, -0.2) is 4.79 Å². The molecule has 0 aliphatic heterocycles. The Morgan fingerprint density at radius 1 is 1.15 bits per heavy atom. The number of nitrogen functional groups attached to an aromatic ring is 1. The molecule has 2 aromatic rings. The molecule has 0 heterocycles. The molecule has 2 rings (SSSR count). The van der Waals surface area contributed by atoms with Crippen molar-refractivity contribution in [3.05, 3.63) is 52.5 Å². The van der Waals surface area contributed by atoms with Gasteiger partial charge in [0.1, 0.15) is 11.5 Å². The summed E-state index contributed by atoms with van der Waals surface area (Å²) in [5.74, 6) is 0.0743. The van der Waals surface area contributed by atoms with Gasteiger partial charge in [-0.05, 0) is 43.3 Å². The van der Waals surface area contributed by atoms with E-state index in [-0.39, 0.29) is 17.3 Å². The van der Waals surface area contributed by atoms with E-state index in [4.69, 9.17) is 31.5 Å². The van der Waals surface area contributed by atoms with E-state index in [9.17, 15) is 9.59 Å². The molecule has 144 valence electrons. The summed E-state index contributed by atoms with van der Waals surface area (Å²) in [6, 6.07) is 9.30. The van der Waals surface area contributed by atoms with Gasteiger partial charge in [0.15, 0.2) is 6.61 Å². The zero-order valence-electron chi connectivity index (χ0n) is 15.2. The summed E-state index contributed by atoms with van der Waals surface area (Å²) in [5, 5.41) is 3.15. The second kappa shape index (κ2) is 9.14. The fourth-order valence-corrected chi connectivity index (χ4v) is 2.65. The van der Waals surface area contributed by atoms with Crippen LogP contribution in [-0.2, 0) is 9.53 Å². The molecule has 1 atom stereocenters. The lowest BCUT2D eigenvalue weighted by Gasteiger charge is -2.18. The Hall–Kier alpha value is -2.93. The van der Waals surface area contributed by atoms with Crippen molar-refractivity contribution in [1.29, 1.82) is 0 Å². The van der Waals surface area contributed by atoms with Gasteiger partial charge < -0.3 is 25.3 Å². The molecule has 0 unspecified atom stereocenters. The molecule has 27 heavy (non-hydrogen) atoms. The molecule has 2 aromatic carbocycles. The number of hydrogen-bond donors (Lipinski definition) is 2. The minimum absolute atomic E-state index is 0.148. The first-order valence-electron chi connectivity index (χ1n) is 8.09. The number of halogens is 1. The molecule has 0 saturated heterocycles. The highest BCUT2D eigenvalue weighted by Crippen LogP contribution is 2.29. The van der Waals surface area contributed by atoms with Gasteiger partial charge in [-0.2, -0.15) is 0 Å². The topological polar surface area (TPSA) is 99.9 Å². The summed E-state index contributed by atoms with van der Waals surface area (Å²) in [6.07, 6.45) is 0. The van der Waals surface area contributed by atoms with Crippen LogP contribution in [0.25, 0.3) is 0 Å². The van der Waals surface area contributed by atoms with Gasteiger partial charge in [0, 0.05) is 16.3 Å². The van der Waals surface area contributed by atoms with E-state index < -0.39 is 18.5 Å². The first-order chi connectivity index (χ1) is 12.8. The summed E-state index contributed by atoms with van der Waals surface area (Å²) in [7, 11) is 3.09. The number of nitrogens with one attached hydrogen (secondary N) is 1. The van der Waals surface area contributed by atoms with Crippen LogP contribution < -0.4 is 20.5 Å². The van der Waals surface area contributed by atoms with Gasteiger partial charge >= 0.3 is 5.97 Å². The van der Waals surface area contributed by atoms with E-state index in [2.05, 4.69) is 5.32 Å². The molecule has 3 N–H and O–H groups in total. The molecule has 8 heteroatoms. The monoisotopic (exact) mass is 392 g/mol. The number of anilines is 1. The molecule has 0 bridgehead atoms. The van der Waals surface area contributed by atoms with E-state index in [0.29, 0.717) is 16.5 Å². The van der Waals surface area contributed by atoms with Crippen LogP contribution in [0.4, 0.5) is 5.69 Å². The Bertz CT molecular complexity index is 841. The van der Waals surface area contributed by atoms with Crippen LogP contribution in [0.15, 0.2) is 36.4 Å². The third kappa shape index (κ3) is 5.27. The van der Waals surface area contributed by atoms with Crippen molar-refractivity contribution in [3.63, 3.8) is 0 Å². The Labute approximate surface area is 162 Å². The summed E-state index contributed by atoms with van der Waals surface area (Å²) in [4.78, 5) is 24.2. The van der Waals surface area contributed by atoms with E-state index in [1.54, 1.807) is 32.2 Å². The SMILES string of the molecule is COc1ccc(OC)c([C@@H](C)NC(=O)COC(=O)c2ccc(Cl)cc2N)c1. The van der Waals surface area contributed by atoms with Crippen molar-refractivity contribution < 1.29 is 23.8 Å². The molecule has 0 spiro atoms. The number of esters is 1. The van der Waals surface area contributed by atoms with Gasteiger partial charge in [-0.15, -0.1) is 0 Å². The highest BCUT2D eigenvalue weighted by molar-refractivity contribution is 6.31. The largest absolute Gasteiger partial charge is 0.497 e. The van der Waals surface area contributed by atoms with Gasteiger partial charge in [0.25, 0.3) is 5.91 Å². The normalized spacial score (nSPS) is 11.4. The molecule has 0 radical (unpaired) electrons. The Kier molecular flexibility index (Phi) is 6.90. The maximum absolute atomic E-state index is 12.1. The fourth-order valence-electron chi connectivity index (χ4n) is 2.47. The van der Waals surface area contributed by atoms with E-state index in [1.807, 2.05) is 0 Å². The summed E-state index contributed by atoms with van der Waals surface area (Å²) in [5.41, 5.74) is 6.80. The number of ether oxygens (including phenoxy) is 3. The standard InChI is InChI=1S/C19H21ClN2O5/c1-11(15-9-13(25-2)5-7-17(15)26-3)22-18(23)10-27-19(24)14-6-4-12(20)8-16(14)21/h4-9,11H,10,21H2,1-3H3,(H,22,23)/t11-/m1/s1. The van der Waals surface area contributed by atoms with Gasteiger partial charge in [-0.1, -0.05) is 11.6 Å². The van der Waals surface area contributed by atoms with Crippen molar-refractivity contribution in [2.45, 2.75) is 13.0 Å². The molecule has 0 aliphatic rings. The first-order valence-corrected chi connectivity index (χ1v) is 8.47. The zero-order chi connectivity index (χ0) is 20.0. The molecule has 0 fully saturated rings. The molecule has 0 aliphatic carbocycles. The van der Waals surface area contributed by atoms with Gasteiger partial charge in [0.05, 0.1) is 25.8 Å². The molecule has 1 amide bonds. The minimum Gasteiger partial charge on any atom is -0.497 e. The number of rotatable bonds is 7. The van der Waals surface area contributed by atoms with Crippen molar-refractivity contribution in [3.8, 4) is 11.5 Å². The highest BCUT2D eigenvalue weighted by atomic mass is 35.5. The summed E-state index contributed by atoms with van der Waals surface area (Å²) < 4.78 is 15.5. The second-order valence-electron chi connectivity index (χ2n) is 5.70. The number of benzene rings is 2. The summed E-state index contributed by atoms with van der Waals surface area (Å²) in [6.45, 7) is 1.34. The lowest BCUT2D eigenvalue weighted by molar-refractivity contribution is -0.124. The number of carbonyl (C=O) groups excluding carboxylic acids is 2. The van der Waals surface area contributed by atoms with Crippen molar-refractivity contribution in [2.75, 3.05) is 26.6 Å². The maximum Gasteiger partial charge on any atom is 0.340 e. The van der Waals surface area contributed by atoms with Gasteiger partial charge in [0.2, 0.25) is 0 Å². The Balaban J connectivity index is 1.98. The van der Waals surface area contributed by atoms with E-state index in [0.717, 1.165) is 5.56 Å². The molecular formula is C19H21ClN2O5. The second-order valence-corrected chi connectivity index (χ2v) is 6.14. The molecular weight excluding hydrogens is 372 g/mol. The Morgan fingerprint density at radius 2 is 1.89 bits per heavy atom. The molecule has 0 aromatic heterocycles. The van der Waals surface area contributed by atoms with Crippen LogP contribution in [0.3, 0.4) is 0 Å². The van der Waals surface area contributed by atoms with Crippen LogP contribution in [0, 0.1) is 0 Å². The number of nitrogens with two attached hydrogens (primary N) is 1. The average molecular weight is 393 g/mol. The number of methoxy groups -OCH3 is 2. The van der Waals surface area contributed by atoms with Crippen LogP contribution >= 0.6 is 11.6 Å². The smallest absolute Gasteiger partial charge is 0.340 e. The molecule has 7 nitrogen and oxygen atoms in total. The van der Waals surface area contributed by atoms with Crippen LogP contribution in [0.5, 0.6) is 11.5 Å². The number of amides is 1. The lowest BCUT2D eigenvalue weighted by atomic mass is 10.1. The van der Waals surface area contributed by atoms with Gasteiger partial charge in [-0.3, -0.25) is 4.79 Å². The highest BCUT2D eigenvalue weighted by Gasteiger charge is 2.17. The van der Waals surface area contributed by atoms with Crippen molar-refractivity contribution in [2.24, 2.45) is 0 Å². The Morgan fingerprint density at radius 3 is 2.52 bits per heavy atom. The number of hydrogen-bond acceptors (Lipinski definition) is 6. The molecule has 0 saturated carbocycles. The van der Waals surface area contributed by atoms with Crippen LogP contribution in [0.1, 0.15) is 28.9 Å². The average Bonchev–Trinajstić information content (AvgIpc) is 2.65. The maximum atomic E-state index is 12.1. The predicted molar refractivity (Wildman–Crippen MR) is 102 cm³/mol.